The summed E-state index contributed by atoms with van der Waals surface area (Å²) in [6, 6.07) is 0. The highest BCUT2D eigenvalue weighted by Gasteiger charge is 2.42. The second kappa shape index (κ2) is 12.4. The van der Waals surface area contributed by atoms with Gasteiger partial charge in [-0.1, -0.05) is 33.8 Å². The van der Waals surface area contributed by atoms with Gasteiger partial charge in [0.05, 0.1) is 40.8 Å². The van der Waals surface area contributed by atoms with Crippen LogP contribution in [0.2, 0.25) is 0 Å². The minimum absolute atomic E-state index is 0.221. The maximum atomic E-state index is 13.2. The third-order valence-corrected chi connectivity index (χ3v) is 8.00. The molecule has 0 amide bonds. The summed E-state index contributed by atoms with van der Waals surface area (Å²) < 4.78 is 5.76. The quantitative estimate of drug-likeness (QED) is 0.405. The molecule has 0 saturated heterocycles. The number of aromatic nitrogens is 1. The second-order valence-electron chi connectivity index (χ2n) is 10.5. The number of aliphatic hydroxyl groups excluding tert-OH is 3. The van der Waals surface area contributed by atoms with E-state index in [4.69, 9.17) is 4.74 Å². The molecule has 1 aromatic heterocycles. The number of hydrogen-bond donors (Lipinski definition) is 3. The van der Waals surface area contributed by atoms with Gasteiger partial charge in [-0.15, -0.1) is 11.3 Å². The summed E-state index contributed by atoms with van der Waals surface area (Å²) in [4.78, 5) is 30.5. The molecule has 0 aliphatic carbocycles. The first-order valence-electron chi connectivity index (χ1n) is 12.3. The highest BCUT2D eigenvalue weighted by molar-refractivity contribution is 7.09. The van der Waals surface area contributed by atoms with Crippen molar-refractivity contribution in [2.45, 2.75) is 98.6 Å². The summed E-state index contributed by atoms with van der Waals surface area (Å²) in [5, 5.41) is 35.1. The summed E-state index contributed by atoms with van der Waals surface area (Å²) in [6.45, 7) is 12.3. The van der Waals surface area contributed by atoms with Gasteiger partial charge in [0.2, 0.25) is 0 Å². The molecule has 35 heavy (non-hydrogen) atoms. The number of thiazole rings is 1. The smallest absolute Gasteiger partial charge is 0.309 e. The first kappa shape index (κ1) is 29.4. The lowest BCUT2D eigenvalue weighted by Gasteiger charge is -2.34. The number of aryl methyl sites for hydroxylation is 1. The first-order valence-corrected chi connectivity index (χ1v) is 13.2. The standard InChI is InChI=1S/C27H41NO6S/c1-15-9-11-22(17(3)12-20-14-35-19(5)28-20)34-24(31)13-23(30)27(6,7)26(33)18(4)25(32)16(2)8-10-21(15)29/h9,12,14,16,18,21-23,25,29-30,32H,8,10-11,13H2,1-7H3/b15-9-,17-12+/t16-,18+,21-,22-,23-,25?/m0/s1. The lowest BCUT2D eigenvalue weighted by molar-refractivity contribution is -0.154. The van der Waals surface area contributed by atoms with E-state index in [9.17, 15) is 24.9 Å². The number of ketones is 1. The average Bonchev–Trinajstić information content (AvgIpc) is 3.21. The molecule has 7 nitrogen and oxygen atoms in total. The number of Topliss-reactive ketones (excluding diaryl/α,β-unsaturated/α-hetero) is 1. The number of ether oxygens (including phenoxy) is 1. The number of nitrogens with zero attached hydrogens (tertiary/aromatic N) is 1. The predicted molar refractivity (Wildman–Crippen MR) is 138 cm³/mol. The van der Waals surface area contributed by atoms with E-state index < -0.39 is 41.7 Å². The monoisotopic (exact) mass is 507 g/mol. The van der Waals surface area contributed by atoms with Crippen molar-refractivity contribution in [3.8, 4) is 0 Å². The van der Waals surface area contributed by atoms with E-state index >= 15 is 0 Å². The van der Waals surface area contributed by atoms with Gasteiger partial charge in [0.15, 0.2) is 0 Å². The largest absolute Gasteiger partial charge is 0.457 e. The van der Waals surface area contributed by atoms with Gasteiger partial charge in [0, 0.05) is 17.7 Å². The van der Waals surface area contributed by atoms with Crippen molar-refractivity contribution >= 4 is 29.2 Å². The van der Waals surface area contributed by atoms with Crippen LogP contribution in [0.15, 0.2) is 22.6 Å². The maximum absolute atomic E-state index is 13.2. The fourth-order valence-corrected chi connectivity index (χ4v) is 4.94. The lowest BCUT2D eigenvalue weighted by Crippen LogP contribution is -2.45. The molecule has 2 rings (SSSR count). The normalized spacial score (nSPS) is 33.7. The highest BCUT2D eigenvalue weighted by atomic mass is 32.1. The molecule has 0 radical (unpaired) electrons. The van der Waals surface area contributed by atoms with Crippen LogP contribution >= 0.6 is 11.3 Å². The Morgan fingerprint density at radius 3 is 2.43 bits per heavy atom. The number of hydrogen-bond acceptors (Lipinski definition) is 8. The van der Waals surface area contributed by atoms with Gasteiger partial charge < -0.3 is 20.1 Å². The van der Waals surface area contributed by atoms with Crippen molar-refractivity contribution < 1.29 is 29.6 Å². The summed E-state index contributed by atoms with van der Waals surface area (Å²) in [7, 11) is 0. The lowest BCUT2D eigenvalue weighted by atomic mass is 9.73. The van der Waals surface area contributed by atoms with Gasteiger partial charge in [-0.3, -0.25) is 9.59 Å². The Bertz CT molecular complexity index is 949. The van der Waals surface area contributed by atoms with Crippen LogP contribution in [0, 0.1) is 24.2 Å². The minimum Gasteiger partial charge on any atom is -0.457 e. The molecular weight excluding hydrogens is 466 g/mol. The van der Waals surface area contributed by atoms with Crippen molar-refractivity contribution in [3.63, 3.8) is 0 Å². The van der Waals surface area contributed by atoms with E-state index in [-0.39, 0.29) is 18.1 Å². The van der Waals surface area contributed by atoms with Crippen molar-refractivity contribution in [3.05, 3.63) is 33.3 Å². The van der Waals surface area contributed by atoms with Crippen molar-refractivity contribution in [2.24, 2.45) is 17.3 Å². The van der Waals surface area contributed by atoms with Gasteiger partial charge in [-0.05, 0) is 56.8 Å². The Morgan fingerprint density at radius 1 is 1.17 bits per heavy atom. The number of carbonyl (C=O) groups excluding carboxylic acids is 2. The molecule has 196 valence electrons. The molecular formula is C27H41NO6S. The van der Waals surface area contributed by atoms with E-state index in [0.717, 1.165) is 21.8 Å². The fraction of sp³-hybridized carbons (Fsp3) is 0.667. The molecule has 3 N–H and O–H groups in total. The van der Waals surface area contributed by atoms with Gasteiger partial charge >= 0.3 is 5.97 Å². The molecule has 1 unspecified atom stereocenters. The summed E-state index contributed by atoms with van der Waals surface area (Å²) in [6.07, 6.45) is 1.23. The molecule has 6 atom stereocenters. The molecule has 1 aliphatic heterocycles. The molecule has 2 heterocycles. The number of esters is 1. The Balaban J connectivity index is 2.38. The molecule has 1 aliphatic rings. The third-order valence-electron chi connectivity index (χ3n) is 7.21. The van der Waals surface area contributed by atoms with Crippen LogP contribution < -0.4 is 0 Å². The van der Waals surface area contributed by atoms with Gasteiger partial charge in [0.25, 0.3) is 0 Å². The Kier molecular flexibility index (Phi) is 10.4. The zero-order valence-electron chi connectivity index (χ0n) is 21.9. The molecule has 0 fully saturated rings. The van der Waals surface area contributed by atoms with Gasteiger partial charge in [-0.25, -0.2) is 4.98 Å². The van der Waals surface area contributed by atoms with Crippen LogP contribution in [0.1, 0.15) is 77.9 Å². The fourth-order valence-electron chi connectivity index (χ4n) is 4.37. The van der Waals surface area contributed by atoms with E-state index in [1.54, 1.807) is 20.8 Å². The second-order valence-corrected chi connectivity index (χ2v) is 11.6. The van der Waals surface area contributed by atoms with Gasteiger partial charge in [-0.2, -0.15) is 0 Å². The highest BCUT2D eigenvalue weighted by Crippen LogP contribution is 2.32. The third kappa shape index (κ3) is 7.81. The minimum atomic E-state index is -1.26. The average molecular weight is 508 g/mol. The SMILES string of the molecule is C/C1=C/C[C@@H](/C(C)=C/c2csc(C)n2)OC(=O)C[C@H](O)C(C)(C)C(=O)[C@H](C)C(O)[C@@H](C)CC[C@@H]1O. The molecule has 8 heteroatoms. The van der Waals surface area contributed by atoms with E-state index in [0.29, 0.717) is 19.3 Å². The zero-order chi connectivity index (χ0) is 26.5. The number of aliphatic hydroxyl groups is 3. The predicted octanol–water partition coefficient (Wildman–Crippen LogP) is 4.24. The van der Waals surface area contributed by atoms with Crippen molar-refractivity contribution in [2.75, 3.05) is 0 Å². The van der Waals surface area contributed by atoms with Crippen LogP contribution in [0.3, 0.4) is 0 Å². The van der Waals surface area contributed by atoms with Crippen molar-refractivity contribution in [1.29, 1.82) is 0 Å². The summed E-state index contributed by atoms with van der Waals surface area (Å²) >= 11 is 1.53. The van der Waals surface area contributed by atoms with Crippen LogP contribution in [0.4, 0.5) is 0 Å². The Hall–Kier alpha value is -1.87. The molecule has 0 spiro atoms. The number of rotatable bonds is 2. The summed E-state index contributed by atoms with van der Waals surface area (Å²) in [5.41, 5.74) is 1.08. The zero-order valence-corrected chi connectivity index (χ0v) is 22.8. The van der Waals surface area contributed by atoms with Gasteiger partial charge in [0.1, 0.15) is 11.9 Å². The number of cyclic esters (lactones) is 1. The topological polar surface area (TPSA) is 117 Å². The van der Waals surface area contributed by atoms with Crippen LogP contribution in [0.5, 0.6) is 0 Å². The Labute approximate surface area is 212 Å². The van der Waals surface area contributed by atoms with E-state index in [2.05, 4.69) is 4.98 Å². The van der Waals surface area contributed by atoms with Crippen LogP contribution in [-0.2, 0) is 14.3 Å². The maximum Gasteiger partial charge on any atom is 0.309 e. The molecule has 0 saturated carbocycles. The summed E-state index contributed by atoms with van der Waals surface area (Å²) in [5.74, 6) is -1.88. The van der Waals surface area contributed by atoms with Crippen LogP contribution in [0.25, 0.3) is 6.08 Å². The molecule has 0 bridgehead atoms. The van der Waals surface area contributed by atoms with Crippen LogP contribution in [-0.4, -0.2) is 56.5 Å². The molecule has 1 aromatic rings. The van der Waals surface area contributed by atoms with Crippen molar-refractivity contribution in [1.82, 2.24) is 4.98 Å². The number of carbonyl (C=O) groups is 2. The Morgan fingerprint density at radius 2 is 1.83 bits per heavy atom. The first-order chi connectivity index (χ1) is 16.2. The molecule has 0 aromatic carbocycles. The van der Waals surface area contributed by atoms with E-state index in [1.165, 1.54) is 11.3 Å². The van der Waals surface area contributed by atoms with E-state index in [1.807, 2.05) is 45.2 Å².